The monoisotopic (exact) mass is 280 g/mol. The third-order valence-electron chi connectivity index (χ3n) is 2.70. The number of hydrogen-bond acceptors (Lipinski definition) is 2. The smallest absolute Gasteiger partial charge is 0.0665 e. The molecule has 0 aromatic heterocycles. The summed E-state index contributed by atoms with van der Waals surface area (Å²) in [5.74, 6) is 0. The van der Waals surface area contributed by atoms with Gasteiger partial charge >= 0.3 is 0 Å². The molecule has 2 nitrogen and oxygen atoms in total. The first-order valence-corrected chi connectivity index (χ1v) is 6.43. The van der Waals surface area contributed by atoms with Crippen LogP contribution >= 0.6 is 23.2 Å². The number of para-hydroxylation sites is 1. The average molecular weight is 281 g/mol. The molecule has 4 heteroatoms. The summed E-state index contributed by atoms with van der Waals surface area (Å²) < 4.78 is 0. The van der Waals surface area contributed by atoms with E-state index in [1.165, 1.54) is 0 Å². The molecule has 0 aliphatic carbocycles. The summed E-state index contributed by atoms with van der Waals surface area (Å²) in [5, 5.41) is 4.59. The highest BCUT2D eigenvalue weighted by Gasteiger charge is 2.16. The topological polar surface area (TPSA) is 38.0 Å². The lowest BCUT2D eigenvalue weighted by atomic mass is 10.1. The van der Waals surface area contributed by atoms with Gasteiger partial charge in [-0.15, -0.1) is 0 Å². The number of nitrogens with one attached hydrogen (secondary N) is 1. The minimum atomic E-state index is -0.103. The first-order valence-electron chi connectivity index (χ1n) is 5.68. The van der Waals surface area contributed by atoms with Gasteiger partial charge in [0.2, 0.25) is 0 Å². The van der Waals surface area contributed by atoms with Crippen LogP contribution in [-0.2, 0) is 0 Å². The largest absolute Gasteiger partial charge is 0.377 e. The normalized spacial score (nSPS) is 12.2. The fraction of sp³-hybridized carbons (Fsp3) is 0.143. The van der Waals surface area contributed by atoms with Crippen LogP contribution in [0.25, 0.3) is 0 Å². The van der Waals surface area contributed by atoms with Crippen LogP contribution < -0.4 is 11.1 Å². The van der Waals surface area contributed by atoms with Crippen molar-refractivity contribution in [1.29, 1.82) is 0 Å². The Bertz CT molecular complexity index is 494. The second-order valence-corrected chi connectivity index (χ2v) is 4.75. The Morgan fingerprint density at radius 2 is 1.56 bits per heavy atom. The Kier molecular flexibility index (Phi) is 4.48. The van der Waals surface area contributed by atoms with Crippen molar-refractivity contribution in [2.75, 3.05) is 11.9 Å². The quantitative estimate of drug-likeness (QED) is 0.885. The minimum absolute atomic E-state index is 0.103. The highest BCUT2D eigenvalue weighted by Crippen LogP contribution is 2.31. The maximum Gasteiger partial charge on any atom is 0.0665 e. The molecule has 0 heterocycles. The lowest BCUT2D eigenvalue weighted by molar-refractivity contribution is 0.790. The van der Waals surface area contributed by atoms with Crippen LogP contribution in [-0.4, -0.2) is 6.54 Å². The van der Waals surface area contributed by atoms with E-state index in [0.29, 0.717) is 16.6 Å². The molecule has 2 aromatic carbocycles. The Morgan fingerprint density at radius 1 is 0.944 bits per heavy atom. The van der Waals surface area contributed by atoms with Crippen molar-refractivity contribution in [3.8, 4) is 0 Å². The fourth-order valence-electron chi connectivity index (χ4n) is 1.83. The van der Waals surface area contributed by atoms with Crippen LogP contribution in [0, 0.1) is 0 Å². The van der Waals surface area contributed by atoms with E-state index in [1.54, 1.807) is 0 Å². The van der Waals surface area contributed by atoms with Crippen LogP contribution in [0.2, 0.25) is 10.0 Å². The van der Waals surface area contributed by atoms with Crippen molar-refractivity contribution in [3.63, 3.8) is 0 Å². The maximum absolute atomic E-state index is 6.19. The molecule has 18 heavy (non-hydrogen) atoms. The van der Waals surface area contributed by atoms with Gasteiger partial charge in [0.05, 0.1) is 6.04 Å². The van der Waals surface area contributed by atoms with Gasteiger partial charge in [-0.25, -0.2) is 0 Å². The lowest BCUT2D eigenvalue weighted by Gasteiger charge is -2.21. The Labute approximate surface area is 117 Å². The summed E-state index contributed by atoms with van der Waals surface area (Å²) in [4.78, 5) is 0. The fourth-order valence-corrected chi connectivity index (χ4v) is 2.49. The number of hydrogen-bond donors (Lipinski definition) is 2. The zero-order valence-electron chi connectivity index (χ0n) is 9.74. The van der Waals surface area contributed by atoms with Crippen LogP contribution in [0.3, 0.4) is 0 Å². The van der Waals surface area contributed by atoms with E-state index in [9.17, 15) is 0 Å². The van der Waals surface area contributed by atoms with Crippen molar-refractivity contribution >= 4 is 28.9 Å². The molecule has 0 spiro atoms. The number of nitrogens with two attached hydrogens (primary N) is 1. The summed E-state index contributed by atoms with van der Waals surface area (Å²) >= 11 is 12.4. The molecule has 2 aromatic rings. The standard InChI is InChI=1S/C14H14Cl2N2/c15-11-7-4-8-12(16)14(11)13(9-17)18-10-5-2-1-3-6-10/h1-8,13,18H,9,17H2. The molecule has 0 fully saturated rings. The highest BCUT2D eigenvalue weighted by atomic mass is 35.5. The number of anilines is 1. The van der Waals surface area contributed by atoms with E-state index >= 15 is 0 Å². The average Bonchev–Trinajstić information content (AvgIpc) is 2.38. The summed E-state index contributed by atoms with van der Waals surface area (Å²) in [6.45, 7) is 0.415. The lowest BCUT2D eigenvalue weighted by Crippen LogP contribution is -2.21. The predicted octanol–water partition coefficient (Wildman–Crippen LogP) is 4.11. The molecule has 0 amide bonds. The molecule has 0 aliphatic rings. The molecule has 1 atom stereocenters. The second kappa shape index (κ2) is 6.10. The minimum Gasteiger partial charge on any atom is -0.377 e. The van der Waals surface area contributed by atoms with Crippen LogP contribution in [0.15, 0.2) is 48.5 Å². The first kappa shape index (κ1) is 13.2. The molecule has 0 radical (unpaired) electrons. The van der Waals surface area contributed by atoms with Gasteiger partial charge in [0.15, 0.2) is 0 Å². The van der Waals surface area contributed by atoms with E-state index in [1.807, 2.05) is 48.5 Å². The Hall–Kier alpha value is -1.22. The molecule has 1 unspecified atom stereocenters. The highest BCUT2D eigenvalue weighted by molar-refractivity contribution is 6.36. The van der Waals surface area contributed by atoms with Crippen molar-refractivity contribution < 1.29 is 0 Å². The van der Waals surface area contributed by atoms with Crippen LogP contribution in [0.5, 0.6) is 0 Å². The predicted molar refractivity (Wildman–Crippen MR) is 78.3 cm³/mol. The zero-order chi connectivity index (χ0) is 13.0. The van der Waals surface area contributed by atoms with Crippen molar-refractivity contribution in [3.05, 3.63) is 64.1 Å². The summed E-state index contributed by atoms with van der Waals surface area (Å²) in [7, 11) is 0. The maximum atomic E-state index is 6.19. The SMILES string of the molecule is NCC(Nc1ccccc1)c1c(Cl)cccc1Cl. The summed E-state index contributed by atoms with van der Waals surface area (Å²) in [5.41, 5.74) is 7.64. The molecule has 0 saturated heterocycles. The van der Waals surface area contributed by atoms with Gasteiger partial charge in [-0.2, -0.15) is 0 Å². The molecular weight excluding hydrogens is 267 g/mol. The van der Waals surface area contributed by atoms with E-state index in [-0.39, 0.29) is 6.04 Å². The Morgan fingerprint density at radius 3 is 2.11 bits per heavy atom. The van der Waals surface area contributed by atoms with Gasteiger partial charge < -0.3 is 11.1 Å². The molecule has 3 N–H and O–H groups in total. The van der Waals surface area contributed by atoms with Gasteiger partial charge in [0.1, 0.15) is 0 Å². The van der Waals surface area contributed by atoms with Gasteiger partial charge in [-0.05, 0) is 24.3 Å². The van der Waals surface area contributed by atoms with Crippen molar-refractivity contribution in [1.82, 2.24) is 0 Å². The number of benzene rings is 2. The third-order valence-corrected chi connectivity index (χ3v) is 3.36. The third kappa shape index (κ3) is 2.96. The first-order chi connectivity index (χ1) is 8.72. The Balaban J connectivity index is 2.29. The van der Waals surface area contributed by atoms with E-state index in [2.05, 4.69) is 5.32 Å². The molecule has 0 bridgehead atoms. The van der Waals surface area contributed by atoms with Crippen molar-refractivity contribution in [2.45, 2.75) is 6.04 Å². The summed E-state index contributed by atoms with van der Waals surface area (Å²) in [6, 6.07) is 15.2. The molecular formula is C14H14Cl2N2. The van der Waals surface area contributed by atoms with Gasteiger partial charge in [-0.3, -0.25) is 0 Å². The van der Waals surface area contributed by atoms with Gasteiger partial charge in [-0.1, -0.05) is 47.5 Å². The zero-order valence-corrected chi connectivity index (χ0v) is 11.2. The number of rotatable bonds is 4. The molecule has 2 rings (SSSR count). The molecule has 0 saturated carbocycles. The summed E-state index contributed by atoms with van der Waals surface area (Å²) in [6.07, 6.45) is 0. The van der Waals surface area contributed by atoms with E-state index in [4.69, 9.17) is 28.9 Å². The van der Waals surface area contributed by atoms with Crippen molar-refractivity contribution in [2.24, 2.45) is 5.73 Å². The van der Waals surface area contributed by atoms with Crippen LogP contribution in [0.4, 0.5) is 5.69 Å². The van der Waals surface area contributed by atoms with Gasteiger partial charge in [0.25, 0.3) is 0 Å². The number of halogens is 2. The van der Waals surface area contributed by atoms with E-state index in [0.717, 1.165) is 11.3 Å². The molecule has 0 aliphatic heterocycles. The van der Waals surface area contributed by atoms with Gasteiger partial charge in [0, 0.05) is 27.8 Å². The van der Waals surface area contributed by atoms with E-state index < -0.39 is 0 Å². The molecule has 94 valence electrons. The second-order valence-electron chi connectivity index (χ2n) is 3.93. The van der Waals surface area contributed by atoms with Crippen LogP contribution in [0.1, 0.15) is 11.6 Å².